The molecule has 4 nitrogen and oxygen atoms in total. The summed E-state index contributed by atoms with van der Waals surface area (Å²) in [7, 11) is 1.80. The highest BCUT2D eigenvalue weighted by atomic mass is 19.3. The lowest BCUT2D eigenvalue weighted by molar-refractivity contribution is -0.0504. The van der Waals surface area contributed by atoms with Crippen LogP contribution in [0.5, 0.6) is 5.75 Å². The van der Waals surface area contributed by atoms with Gasteiger partial charge in [-0.25, -0.2) is 0 Å². The van der Waals surface area contributed by atoms with E-state index in [9.17, 15) is 8.78 Å². The summed E-state index contributed by atoms with van der Waals surface area (Å²) >= 11 is 0. The van der Waals surface area contributed by atoms with Crippen LogP contribution < -0.4 is 10.1 Å². The van der Waals surface area contributed by atoms with Crippen LogP contribution in [0.3, 0.4) is 0 Å². The van der Waals surface area contributed by atoms with Gasteiger partial charge in [0.15, 0.2) is 0 Å². The highest BCUT2D eigenvalue weighted by molar-refractivity contribution is 5.39. The Morgan fingerprint density at radius 2 is 2.11 bits per heavy atom. The molecule has 0 saturated heterocycles. The molecule has 1 aromatic carbocycles. The van der Waals surface area contributed by atoms with Crippen molar-refractivity contribution in [2.24, 2.45) is 7.05 Å². The standard InChI is InChI=1S/C12H13F2N3O/c1-17-7-6-11(16-17)15-8-9-4-2-3-5-10(9)18-12(13)14/h2-7,12H,8H2,1H3,(H,15,16). The lowest BCUT2D eigenvalue weighted by Crippen LogP contribution is -2.07. The first-order valence-electron chi connectivity index (χ1n) is 5.41. The van der Waals surface area contributed by atoms with Crippen molar-refractivity contribution in [3.05, 3.63) is 42.1 Å². The second kappa shape index (κ2) is 5.48. The number of aromatic nitrogens is 2. The number of hydrogen-bond donors (Lipinski definition) is 1. The van der Waals surface area contributed by atoms with Gasteiger partial charge in [-0.2, -0.15) is 13.9 Å². The maximum atomic E-state index is 12.2. The summed E-state index contributed by atoms with van der Waals surface area (Å²) in [5, 5.41) is 7.17. The van der Waals surface area contributed by atoms with Crippen molar-refractivity contribution in [2.45, 2.75) is 13.2 Å². The van der Waals surface area contributed by atoms with Crippen LogP contribution in [0.4, 0.5) is 14.6 Å². The second-order valence-corrected chi connectivity index (χ2v) is 3.71. The van der Waals surface area contributed by atoms with Gasteiger partial charge in [0, 0.05) is 31.4 Å². The van der Waals surface area contributed by atoms with E-state index < -0.39 is 6.61 Å². The average molecular weight is 253 g/mol. The summed E-state index contributed by atoms with van der Waals surface area (Å²) in [4.78, 5) is 0. The largest absolute Gasteiger partial charge is 0.434 e. The molecule has 0 saturated carbocycles. The lowest BCUT2D eigenvalue weighted by Gasteiger charge is -2.10. The molecule has 0 aliphatic rings. The van der Waals surface area contributed by atoms with Crippen molar-refractivity contribution in [2.75, 3.05) is 5.32 Å². The monoisotopic (exact) mass is 253 g/mol. The smallest absolute Gasteiger partial charge is 0.387 e. The molecular weight excluding hydrogens is 240 g/mol. The average Bonchev–Trinajstić information content (AvgIpc) is 2.73. The molecular formula is C12H13F2N3O. The molecule has 1 aromatic heterocycles. The van der Waals surface area contributed by atoms with E-state index in [1.54, 1.807) is 42.2 Å². The number of nitrogens with one attached hydrogen (secondary N) is 1. The van der Waals surface area contributed by atoms with Crippen LogP contribution in [0.1, 0.15) is 5.56 Å². The second-order valence-electron chi connectivity index (χ2n) is 3.71. The number of aryl methyl sites for hydroxylation is 1. The predicted octanol–water partition coefficient (Wildman–Crippen LogP) is 2.63. The lowest BCUT2D eigenvalue weighted by atomic mass is 10.2. The van der Waals surface area contributed by atoms with Gasteiger partial charge in [-0.15, -0.1) is 0 Å². The Morgan fingerprint density at radius 3 is 2.78 bits per heavy atom. The Balaban J connectivity index is 2.04. The summed E-state index contributed by atoms with van der Waals surface area (Å²) in [5.41, 5.74) is 0.656. The Bertz CT molecular complexity index is 514. The molecule has 1 N–H and O–H groups in total. The van der Waals surface area contributed by atoms with E-state index in [4.69, 9.17) is 0 Å². The third kappa shape index (κ3) is 3.19. The number of para-hydroxylation sites is 1. The number of benzene rings is 1. The first kappa shape index (κ1) is 12.3. The molecule has 18 heavy (non-hydrogen) atoms. The third-order valence-electron chi connectivity index (χ3n) is 2.36. The molecule has 2 rings (SSSR count). The molecule has 96 valence electrons. The van der Waals surface area contributed by atoms with Gasteiger partial charge >= 0.3 is 6.61 Å². The highest BCUT2D eigenvalue weighted by Gasteiger charge is 2.08. The number of nitrogens with zero attached hydrogens (tertiary/aromatic N) is 2. The van der Waals surface area contributed by atoms with Crippen molar-refractivity contribution in [1.29, 1.82) is 0 Å². The quantitative estimate of drug-likeness (QED) is 0.890. The summed E-state index contributed by atoms with van der Waals surface area (Å²) in [5.74, 6) is 0.861. The zero-order valence-corrected chi connectivity index (χ0v) is 9.81. The van der Waals surface area contributed by atoms with Crippen LogP contribution in [0.2, 0.25) is 0 Å². The fourth-order valence-corrected chi connectivity index (χ4v) is 1.56. The van der Waals surface area contributed by atoms with Gasteiger partial charge in [0.2, 0.25) is 0 Å². The zero-order chi connectivity index (χ0) is 13.0. The van der Waals surface area contributed by atoms with E-state index >= 15 is 0 Å². The Labute approximate surface area is 103 Å². The maximum Gasteiger partial charge on any atom is 0.387 e. The van der Waals surface area contributed by atoms with Crippen molar-refractivity contribution >= 4 is 5.82 Å². The van der Waals surface area contributed by atoms with E-state index in [0.717, 1.165) is 0 Å². The summed E-state index contributed by atoms with van der Waals surface area (Å²) < 4.78 is 30.5. The van der Waals surface area contributed by atoms with Gasteiger partial charge in [-0.3, -0.25) is 4.68 Å². The van der Waals surface area contributed by atoms with Gasteiger partial charge < -0.3 is 10.1 Å². The minimum Gasteiger partial charge on any atom is -0.434 e. The van der Waals surface area contributed by atoms with E-state index in [0.29, 0.717) is 17.9 Å². The maximum absolute atomic E-state index is 12.2. The minimum atomic E-state index is -2.82. The molecule has 0 bridgehead atoms. The number of halogens is 2. The summed E-state index contributed by atoms with van der Waals surface area (Å²) in [6.07, 6.45) is 1.80. The van der Waals surface area contributed by atoms with Crippen molar-refractivity contribution < 1.29 is 13.5 Å². The van der Waals surface area contributed by atoms with Gasteiger partial charge in [0.1, 0.15) is 11.6 Å². The molecule has 0 aliphatic heterocycles. The van der Waals surface area contributed by atoms with Crippen LogP contribution in [0.15, 0.2) is 36.5 Å². The number of alkyl halides is 2. The van der Waals surface area contributed by atoms with Crippen molar-refractivity contribution in [3.8, 4) is 5.75 Å². The molecule has 1 heterocycles. The first-order chi connectivity index (χ1) is 8.65. The van der Waals surface area contributed by atoms with E-state index in [-0.39, 0.29) is 5.75 Å². The van der Waals surface area contributed by atoms with Crippen LogP contribution in [-0.2, 0) is 13.6 Å². The minimum absolute atomic E-state index is 0.177. The van der Waals surface area contributed by atoms with Gasteiger partial charge in [0.05, 0.1) is 0 Å². The fraction of sp³-hybridized carbons (Fsp3) is 0.250. The molecule has 6 heteroatoms. The molecule has 2 aromatic rings. The predicted molar refractivity (Wildman–Crippen MR) is 63.6 cm³/mol. The van der Waals surface area contributed by atoms with Crippen LogP contribution in [0, 0.1) is 0 Å². The molecule has 0 spiro atoms. The fourth-order valence-electron chi connectivity index (χ4n) is 1.56. The van der Waals surface area contributed by atoms with Crippen LogP contribution in [-0.4, -0.2) is 16.4 Å². The zero-order valence-electron chi connectivity index (χ0n) is 9.81. The topological polar surface area (TPSA) is 39.1 Å². The number of rotatable bonds is 5. The molecule has 0 aliphatic carbocycles. The molecule has 0 radical (unpaired) electrons. The Morgan fingerprint density at radius 1 is 1.33 bits per heavy atom. The Hall–Kier alpha value is -2.11. The van der Waals surface area contributed by atoms with E-state index in [2.05, 4.69) is 15.2 Å². The molecule has 0 fully saturated rings. The number of anilines is 1. The summed E-state index contributed by atoms with van der Waals surface area (Å²) in [6.45, 7) is -2.44. The summed E-state index contributed by atoms with van der Waals surface area (Å²) in [6, 6.07) is 8.47. The van der Waals surface area contributed by atoms with Gasteiger partial charge in [-0.1, -0.05) is 18.2 Å². The molecule has 0 atom stereocenters. The van der Waals surface area contributed by atoms with Crippen LogP contribution in [0.25, 0.3) is 0 Å². The van der Waals surface area contributed by atoms with Crippen molar-refractivity contribution in [3.63, 3.8) is 0 Å². The Kier molecular flexibility index (Phi) is 3.76. The van der Waals surface area contributed by atoms with Gasteiger partial charge in [0.25, 0.3) is 0 Å². The van der Waals surface area contributed by atoms with Gasteiger partial charge in [-0.05, 0) is 6.07 Å². The third-order valence-corrected chi connectivity index (χ3v) is 2.36. The normalized spacial score (nSPS) is 10.7. The number of hydrogen-bond acceptors (Lipinski definition) is 3. The molecule has 0 unspecified atom stereocenters. The highest BCUT2D eigenvalue weighted by Crippen LogP contribution is 2.21. The SMILES string of the molecule is Cn1ccc(NCc2ccccc2OC(F)F)n1. The van der Waals surface area contributed by atoms with Crippen LogP contribution >= 0.6 is 0 Å². The van der Waals surface area contributed by atoms with E-state index in [1.165, 1.54) is 6.07 Å². The number of ether oxygens (including phenoxy) is 1. The molecule has 0 amide bonds. The first-order valence-corrected chi connectivity index (χ1v) is 5.41. The van der Waals surface area contributed by atoms with E-state index in [1.807, 2.05) is 0 Å². The van der Waals surface area contributed by atoms with Crippen molar-refractivity contribution in [1.82, 2.24) is 9.78 Å².